The van der Waals surface area contributed by atoms with Crippen molar-refractivity contribution in [3.05, 3.63) is 99.9 Å². The van der Waals surface area contributed by atoms with Gasteiger partial charge in [-0.25, -0.2) is 9.18 Å². The fourth-order valence-electron chi connectivity index (χ4n) is 5.41. The summed E-state index contributed by atoms with van der Waals surface area (Å²) >= 11 is 0. The highest BCUT2D eigenvalue weighted by Gasteiger charge is 2.28. The van der Waals surface area contributed by atoms with Gasteiger partial charge in [0.25, 0.3) is 0 Å². The number of fused-ring (bicyclic) bond motifs is 1. The van der Waals surface area contributed by atoms with Crippen molar-refractivity contribution in [2.24, 2.45) is 5.92 Å². The van der Waals surface area contributed by atoms with Crippen LogP contribution >= 0.6 is 0 Å². The molecule has 3 atom stereocenters. The molecular formula is C31H36FNO3. The molecule has 0 amide bonds. The topological polar surface area (TPSA) is 47.6 Å². The maximum Gasteiger partial charge on any atom is 0.338 e. The molecule has 1 aliphatic carbocycles. The molecule has 1 aliphatic rings. The molecule has 4 nitrogen and oxygen atoms in total. The molecule has 0 saturated carbocycles. The van der Waals surface area contributed by atoms with Crippen molar-refractivity contribution in [1.29, 1.82) is 0 Å². The Morgan fingerprint density at radius 2 is 1.92 bits per heavy atom. The quantitative estimate of drug-likeness (QED) is 0.267. The minimum absolute atomic E-state index is 0.114. The zero-order valence-electron chi connectivity index (χ0n) is 21.6. The van der Waals surface area contributed by atoms with Crippen LogP contribution in [0.15, 0.2) is 60.7 Å². The molecule has 1 N–H and O–H groups in total. The van der Waals surface area contributed by atoms with Crippen molar-refractivity contribution in [3.63, 3.8) is 0 Å². The Morgan fingerprint density at radius 3 is 2.69 bits per heavy atom. The van der Waals surface area contributed by atoms with E-state index in [0.29, 0.717) is 11.5 Å². The van der Waals surface area contributed by atoms with Gasteiger partial charge in [0.1, 0.15) is 0 Å². The van der Waals surface area contributed by atoms with E-state index in [1.807, 2.05) is 25.1 Å². The normalized spacial score (nSPS) is 17.8. The smallest absolute Gasteiger partial charge is 0.338 e. The standard InChI is InChI=1S/C31H36FNO3/c1-20-11-12-25(18-27(20)31(34)36-4)28-17-22(16-24-9-5-6-10-26(24)28)8-7-15-33-21(2)23-13-14-29(32)30(19-23)35-3/h5-6,9-14,18-19,21-22,28,33H,7-8,15-17H2,1-4H3/t21-,22+,28?/m1/s1. The van der Waals surface area contributed by atoms with Crippen molar-refractivity contribution >= 4 is 5.97 Å². The van der Waals surface area contributed by atoms with Gasteiger partial charge >= 0.3 is 5.97 Å². The van der Waals surface area contributed by atoms with Gasteiger partial charge in [0.15, 0.2) is 11.6 Å². The third-order valence-corrected chi connectivity index (χ3v) is 7.49. The van der Waals surface area contributed by atoms with E-state index in [-0.39, 0.29) is 29.5 Å². The summed E-state index contributed by atoms with van der Waals surface area (Å²) in [5.74, 6) is 0.486. The molecule has 3 aromatic rings. The molecule has 4 rings (SSSR count). The lowest BCUT2D eigenvalue weighted by atomic mass is 9.72. The predicted molar refractivity (Wildman–Crippen MR) is 141 cm³/mol. The SMILES string of the molecule is COC(=O)c1cc(C2C[C@@H](CCCN[C@H](C)c3ccc(F)c(OC)c3)Cc3ccccc32)ccc1C. The average molecular weight is 490 g/mol. The molecule has 0 spiro atoms. The number of hydrogen-bond donors (Lipinski definition) is 1. The summed E-state index contributed by atoms with van der Waals surface area (Å²) in [6.45, 7) is 4.93. The molecule has 0 fully saturated rings. The van der Waals surface area contributed by atoms with Gasteiger partial charge in [0, 0.05) is 12.0 Å². The minimum atomic E-state index is -0.340. The van der Waals surface area contributed by atoms with Crippen molar-refractivity contribution < 1.29 is 18.7 Å². The van der Waals surface area contributed by atoms with E-state index in [1.54, 1.807) is 6.07 Å². The number of nitrogens with one attached hydrogen (secondary N) is 1. The van der Waals surface area contributed by atoms with Crippen molar-refractivity contribution in [2.75, 3.05) is 20.8 Å². The van der Waals surface area contributed by atoms with Crippen LogP contribution in [-0.2, 0) is 11.2 Å². The molecule has 190 valence electrons. The van der Waals surface area contributed by atoms with Gasteiger partial charge in [-0.2, -0.15) is 0 Å². The van der Waals surface area contributed by atoms with Crippen LogP contribution in [0.3, 0.4) is 0 Å². The molecule has 0 aromatic heterocycles. The Hall–Kier alpha value is -3.18. The first kappa shape index (κ1) is 25.9. The number of hydrogen-bond acceptors (Lipinski definition) is 4. The highest BCUT2D eigenvalue weighted by atomic mass is 19.1. The Kier molecular flexibility index (Phi) is 8.42. The second kappa shape index (κ2) is 11.7. The Labute approximate surface area is 213 Å². The van der Waals surface area contributed by atoms with Crippen LogP contribution in [0, 0.1) is 18.7 Å². The zero-order valence-corrected chi connectivity index (χ0v) is 21.6. The van der Waals surface area contributed by atoms with E-state index in [4.69, 9.17) is 9.47 Å². The average Bonchev–Trinajstić information content (AvgIpc) is 2.90. The summed E-state index contributed by atoms with van der Waals surface area (Å²) in [4.78, 5) is 12.3. The third kappa shape index (κ3) is 5.79. The van der Waals surface area contributed by atoms with Crippen LogP contribution in [0.25, 0.3) is 0 Å². The summed E-state index contributed by atoms with van der Waals surface area (Å²) in [5.41, 5.74) is 6.54. The van der Waals surface area contributed by atoms with Crippen LogP contribution in [0.5, 0.6) is 5.75 Å². The van der Waals surface area contributed by atoms with Crippen LogP contribution in [0.2, 0.25) is 0 Å². The van der Waals surface area contributed by atoms with Gasteiger partial charge in [0.2, 0.25) is 0 Å². The van der Waals surface area contributed by atoms with Crippen molar-refractivity contribution in [1.82, 2.24) is 5.32 Å². The molecule has 5 heteroatoms. The number of carbonyl (C=O) groups excluding carboxylic acids is 1. The molecule has 36 heavy (non-hydrogen) atoms. The fourth-order valence-corrected chi connectivity index (χ4v) is 5.41. The number of ether oxygens (including phenoxy) is 2. The van der Waals surface area contributed by atoms with E-state index in [0.717, 1.165) is 43.4 Å². The molecule has 0 radical (unpaired) electrons. The van der Waals surface area contributed by atoms with E-state index in [2.05, 4.69) is 42.6 Å². The highest BCUT2D eigenvalue weighted by molar-refractivity contribution is 5.91. The van der Waals surface area contributed by atoms with Crippen LogP contribution in [-0.4, -0.2) is 26.7 Å². The number of benzene rings is 3. The summed E-state index contributed by atoms with van der Waals surface area (Å²) in [6.07, 6.45) is 4.31. The molecule has 1 unspecified atom stereocenters. The van der Waals surface area contributed by atoms with Crippen LogP contribution in [0.1, 0.15) is 76.3 Å². The molecule has 0 aliphatic heterocycles. The number of rotatable bonds is 9. The van der Waals surface area contributed by atoms with E-state index < -0.39 is 0 Å². The molecule has 0 heterocycles. The second-order valence-corrected chi connectivity index (χ2v) is 9.84. The molecule has 0 bridgehead atoms. The Morgan fingerprint density at radius 1 is 1.11 bits per heavy atom. The van der Waals surface area contributed by atoms with Gasteiger partial charge in [-0.15, -0.1) is 0 Å². The summed E-state index contributed by atoms with van der Waals surface area (Å²) in [6, 6.07) is 20.1. The van der Waals surface area contributed by atoms with Crippen LogP contribution < -0.4 is 10.1 Å². The third-order valence-electron chi connectivity index (χ3n) is 7.49. The first-order valence-electron chi connectivity index (χ1n) is 12.7. The fraction of sp³-hybridized carbons (Fsp3) is 0.387. The van der Waals surface area contributed by atoms with Gasteiger partial charge in [-0.3, -0.25) is 0 Å². The first-order chi connectivity index (χ1) is 17.4. The van der Waals surface area contributed by atoms with Crippen molar-refractivity contribution in [2.45, 2.75) is 51.5 Å². The van der Waals surface area contributed by atoms with Crippen LogP contribution in [0.4, 0.5) is 4.39 Å². The van der Waals surface area contributed by atoms with E-state index >= 15 is 0 Å². The second-order valence-electron chi connectivity index (χ2n) is 9.84. The molecule has 3 aromatic carbocycles. The summed E-state index contributed by atoms with van der Waals surface area (Å²) in [5, 5.41) is 3.57. The van der Waals surface area contributed by atoms with Gasteiger partial charge in [-0.1, -0.05) is 42.5 Å². The monoisotopic (exact) mass is 489 g/mol. The van der Waals surface area contributed by atoms with Gasteiger partial charge < -0.3 is 14.8 Å². The van der Waals surface area contributed by atoms with Gasteiger partial charge in [-0.05, 0) is 98.0 Å². The lowest BCUT2D eigenvalue weighted by Gasteiger charge is -2.32. The predicted octanol–water partition coefficient (Wildman–Crippen LogP) is 6.75. The van der Waals surface area contributed by atoms with Crippen molar-refractivity contribution in [3.8, 4) is 5.75 Å². The minimum Gasteiger partial charge on any atom is -0.494 e. The lowest BCUT2D eigenvalue weighted by Crippen LogP contribution is -2.23. The maximum atomic E-state index is 13.7. The highest BCUT2D eigenvalue weighted by Crippen LogP contribution is 2.41. The summed E-state index contributed by atoms with van der Waals surface area (Å²) < 4.78 is 23.9. The number of methoxy groups -OCH3 is 2. The van der Waals surface area contributed by atoms with Gasteiger partial charge in [0.05, 0.1) is 19.8 Å². The maximum absolute atomic E-state index is 13.7. The lowest BCUT2D eigenvalue weighted by molar-refractivity contribution is 0.0599. The molecular weight excluding hydrogens is 453 g/mol. The molecule has 0 saturated heterocycles. The first-order valence-corrected chi connectivity index (χ1v) is 12.7. The van der Waals surface area contributed by atoms with E-state index in [9.17, 15) is 9.18 Å². The van der Waals surface area contributed by atoms with E-state index in [1.165, 1.54) is 37.0 Å². The number of aryl methyl sites for hydroxylation is 1. The summed E-state index contributed by atoms with van der Waals surface area (Å²) in [7, 11) is 2.92. The Bertz CT molecular complexity index is 1210. The zero-order chi connectivity index (χ0) is 25.7. The number of carbonyl (C=O) groups is 1. The number of esters is 1. The Balaban J connectivity index is 1.42. The largest absolute Gasteiger partial charge is 0.494 e. The number of halogens is 1.